The number of aliphatic hydroxyl groups excluding tert-OH is 1. The molecule has 13 nitrogen and oxygen atoms in total. The number of aliphatic imine (C=N–C) groups is 2. The van der Waals surface area contributed by atoms with Crippen molar-refractivity contribution < 1.29 is 32.5 Å². The molecule has 0 aliphatic carbocycles. The molecule has 14 heteroatoms. The van der Waals surface area contributed by atoms with Crippen molar-refractivity contribution in [3.05, 3.63) is 0 Å². The van der Waals surface area contributed by atoms with Gasteiger partial charge >= 0.3 is 10.4 Å². The molecule has 3 aliphatic heterocycles. The van der Waals surface area contributed by atoms with E-state index in [-0.39, 0.29) is 11.9 Å². The number of nitrogens with one attached hydrogen (secondary N) is 1. The largest absolute Gasteiger partial charge is 0.397 e. The van der Waals surface area contributed by atoms with Crippen LogP contribution in [0.1, 0.15) is 0 Å². The molecule has 1 unspecified atom stereocenters. The lowest BCUT2D eigenvalue weighted by atomic mass is 9.86. The fourth-order valence-corrected chi connectivity index (χ4v) is 3.79. The molecule has 23 heavy (non-hydrogen) atoms. The predicted octanol–water partition coefficient (Wildman–Crippen LogP) is -5.16. The summed E-state index contributed by atoms with van der Waals surface area (Å²) in [4.78, 5) is 9.11. The van der Waals surface area contributed by atoms with Crippen LogP contribution in [0.4, 0.5) is 0 Å². The van der Waals surface area contributed by atoms with E-state index in [0.717, 1.165) is 4.90 Å². The molecule has 1 spiro atoms. The third-order valence-corrected chi connectivity index (χ3v) is 4.65. The van der Waals surface area contributed by atoms with Gasteiger partial charge in [0.25, 0.3) is 0 Å². The fraction of sp³-hybridized carbons (Fsp3) is 0.778. The third-order valence-electron chi connectivity index (χ3n) is 4.17. The number of nitrogens with zero attached hydrogens (tertiary/aromatic N) is 3. The van der Waals surface area contributed by atoms with Crippen molar-refractivity contribution in [2.75, 3.05) is 13.2 Å². The molecule has 1 saturated heterocycles. The molecular formula is C9H16N6O7S. The summed E-state index contributed by atoms with van der Waals surface area (Å²) >= 11 is 0. The predicted molar refractivity (Wildman–Crippen MR) is 74.1 cm³/mol. The second-order valence-corrected chi connectivity index (χ2v) is 6.49. The van der Waals surface area contributed by atoms with Gasteiger partial charge in [-0.25, -0.2) is 14.2 Å². The minimum Gasteiger partial charge on any atom is -0.394 e. The summed E-state index contributed by atoms with van der Waals surface area (Å²) in [5.74, 6) is -3.26. The van der Waals surface area contributed by atoms with Gasteiger partial charge in [0.1, 0.15) is 12.1 Å². The van der Waals surface area contributed by atoms with E-state index in [1.807, 2.05) is 0 Å². The van der Waals surface area contributed by atoms with Crippen molar-refractivity contribution in [3.63, 3.8) is 0 Å². The lowest BCUT2D eigenvalue weighted by molar-refractivity contribution is -0.252. The zero-order chi connectivity index (χ0) is 17.2. The molecule has 9 N–H and O–H groups in total. The maximum Gasteiger partial charge on any atom is 0.397 e. The minimum atomic E-state index is -4.98. The van der Waals surface area contributed by atoms with E-state index in [4.69, 9.17) is 16.0 Å². The van der Waals surface area contributed by atoms with E-state index in [9.17, 15) is 23.7 Å². The highest BCUT2D eigenvalue weighted by Crippen LogP contribution is 2.45. The zero-order valence-electron chi connectivity index (χ0n) is 11.6. The lowest BCUT2D eigenvalue weighted by Crippen LogP contribution is -2.77. The maximum absolute atomic E-state index is 11.0. The monoisotopic (exact) mass is 352 g/mol. The normalized spacial score (nSPS) is 38.4. The van der Waals surface area contributed by atoms with Gasteiger partial charge in [-0.15, -0.1) is 0 Å². The van der Waals surface area contributed by atoms with Crippen LogP contribution in [-0.2, 0) is 14.6 Å². The Kier molecular flexibility index (Phi) is 3.27. The molecule has 3 rings (SSSR count). The first-order chi connectivity index (χ1) is 10.5. The van der Waals surface area contributed by atoms with Crippen LogP contribution in [0.3, 0.4) is 0 Å². The summed E-state index contributed by atoms with van der Waals surface area (Å²) in [7, 11) is -4.98. The van der Waals surface area contributed by atoms with Crippen LogP contribution < -0.4 is 16.8 Å². The second kappa shape index (κ2) is 4.65. The van der Waals surface area contributed by atoms with Crippen molar-refractivity contribution in [1.29, 1.82) is 0 Å². The number of hydrogen-bond acceptors (Lipinski definition) is 12. The summed E-state index contributed by atoms with van der Waals surface area (Å²) in [5, 5.41) is 33.1. The zero-order valence-corrected chi connectivity index (χ0v) is 12.4. The van der Waals surface area contributed by atoms with E-state index in [1.54, 1.807) is 0 Å². The van der Waals surface area contributed by atoms with Crippen molar-refractivity contribution in [2.45, 2.75) is 29.6 Å². The smallest absolute Gasteiger partial charge is 0.394 e. The molecule has 0 saturated carbocycles. The third kappa shape index (κ3) is 2.07. The molecule has 4 atom stereocenters. The van der Waals surface area contributed by atoms with E-state index in [2.05, 4.69) is 19.5 Å². The van der Waals surface area contributed by atoms with Crippen molar-refractivity contribution >= 4 is 22.3 Å². The van der Waals surface area contributed by atoms with Gasteiger partial charge in [-0.2, -0.15) is 8.42 Å². The van der Waals surface area contributed by atoms with Crippen LogP contribution in [0.25, 0.3) is 0 Å². The molecule has 0 amide bonds. The molecule has 0 bridgehead atoms. The van der Waals surface area contributed by atoms with Crippen LogP contribution in [0, 0.1) is 0 Å². The molecule has 1 fully saturated rings. The number of guanidine groups is 2. The van der Waals surface area contributed by atoms with Crippen molar-refractivity contribution in [2.24, 2.45) is 21.5 Å². The molecule has 0 aromatic carbocycles. The first-order valence-corrected chi connectivity index (χ1v) is 7.83. The van der Waals surface area contributed by atoms with E-state index in [0.29, 0.717) is 0 Å². The summed E-state index contributed by atoms with van der Waals surface area (Å²) < 4.78 is 35.1. The Hall–Kier alpha value is -1.71. The fourth-order valence-electron chi connectivity index (χ4n) is 3.30. The number of hydrogen-bond donors (Lipinski definition) is 7. The van der Waals surface area contributed by atoms with Gasteiger partial charge in [0.05, 0.1) is 13.2 Å². The number of nitrogens with two attached hydrogens (primary N) is 2. The van der Waals surface area contributed by atoms with E-state index < -0.39 is 53.2 Å². The molecule has 0 aromatic rings. The van der Waals surface area contributed by atoms with Gasteiger partial charge in [0.15, 0.2) is 23.7 Å². The molecule has 130 valence electrons. The van der Waals surface area contributed by atoms with E-state index >= 15 is 0 Å². The Morgan fingerprint density at radius 2 is 2.04 bits per heavy atom. The van der Waals surface area contributed by atoms with Crippen molar-refractivity contribution in [1.82, 2.24) is 10.2 Å². The molecule has 0 aromatic heterocycles. The standard InChI is InChI=1S/C9H16N6O7S/c10-6-13-5-3(2-16)12-7(11)15-1-4(22-23(19,20)21)9(17,18)8(5,15)14-6/h3-5,16-18H,1-2H2,(H2,11,12)(H3,10,13,14)(H,19,20,21)/t3-,4-,5-,8?/m0/s1. The van der Waals surface area contributed by atoms with Crippen LogP contribution in [-0.4, -0.2) is 87.9 Å². The average molecular weight is 352 g/mol. The van der Waals surface area contributed by atoms with Crippen LogP contribution in [0.5, 0.6) is 0 Å². The second-order valence-electron chi connectivity index (χ2n) is 5.44. The summed E-state index contributed by atoms with van der Waals surface area (Å²) in [5.41, 5.74) is 9.48. The van der Waals surface area contributed by atoms with Crippen LogP contribution in [0.15, 0.2) is 9.98 Å². The molecular weight excluding hydrogens is 336 g/mol. The maximum atomic E-state index is 11.0. The highest BCUT2D eigenvalue weighted by molar-refractivity contribution is 7.80. The van der Waals surface area contributed by atoms with Gasteiger partial charge in [0, 0.05) is 0 Å². The van der Waals surface area contributed by atoms with Crippen molar-refractivity contribution in [3.8, 4) is 0 Å². The lowest BCUT2D eigenvalue weighted by Gasteiger charge is -2.48. The molecule has 3 aliphatic rings. The Balaban J connectivity index is 2.11. The Bertz CT molecular complexity index is 693. The quantitative estimate of drug-likeness (QED) is 0.188. The van der Waals surface area contributed by atoms with Gasteiger partial charge in [-0.1, -0.05) is 0 Å². The van der Waals surface area contributed by atoms with Crippen LogP contribution >= 0.6 is 0 Å². The Morgan fingerprint density at radius 1 is 1.39 bits per heavy atom. The van der Waals surface area contributed by atoms with Gasteiger partial charge < -0.3 is 37.0 Å². The summed E-state index contributed by atoms with van der Waals surface area (Å²) in [6, 6.07) is -2.02. The van der Waals surface area contributed by atoms with E-state index in [1.165, 1.54) is 0 Å². The highest BCUT2D eigenvalue weighted by atomic mass is 32.3. The van der Waals surface area contributed by atoms with Crippen LogP contribution in [0.2, 0.25) is 0 Å². The Labute approximate surface area is 130 Å². The SMILES string of the molecule is NC1=N[C@H]2[C@H](CO)N=C(N)N3C[C@H](OS(=O)(=O)O)C(O)(O)C23N1. The molecule has 3 heterocycles. The minimum absolute atomic E-state index is 0.177. The first-order valence-electron chi connectivity index (χ1n) is 6.46. The number of aliphatic hydroxyl groups is 3. The average Bonchev–Trinajstić information content (AvgIpc) is 2.86. The summed E-state index contributed by atoms with van der Waals surface area (Å²) in [6.07, 6.45) is -1.81. The first kappa shape index (κ1) is 16.2. The van der Waals surface area contributed by atoms with Gasteiger partial charge in [-0.3, -0.25) is 4.55 Å². The highest BCUT2D eigenvalue weighted by Gasteiger charge is 2.74. The van der Waals surface area contributed by atoms with Gasteiger partial charge in [0.2, 0.25) is 5.79 Å². The topological polar surface area (TPSA) is 216 Å². The Morgan fingerprint density at radius 3 is 2.61 bits per heavy atom. The van der Waals surface area contributed by atoms with Gasteiger partial charge in [-0.05, 0) is 0 Å². The molecule has 0 radical (unpaired) electrons. The number of rotatable bonds is 3. The summed E-state index contributed by atoms with van der Waals surface area (Å²) in [6.45, 7) is -0.952.